The first kappa shape index (κ1) is 18.4. The van der Waals surface area contributed by atoms with Crippen LogP contribution in [0.15, 0.2) is 30.3 Å². The summed E-state index contributed by atoms with van der Waals surface area (Å²) in [5.74, 6) is -0.986. The molecule has 1 saturated heterocycles. The maximum Gasteiger partial charge on any atom is 0.322 e. The number of methoxy groups -OCH3 is 1. The third-order valence-electron chi connectivity index (χ3n) is 4.19. The molecule has 2 N–H and O–H groups in total. The van der Waals surface area contributed by atoms with E-state index < -0.39 is 41.6 Å². The van der Waals surface area contributed by atoms with Crippen molar-refractivity contribution in [3.63, 3.8) is 0 Å². The highest BCUT2D eigenvalue weighted by Crippen LogP contribution is 2.45. The summed E-state index contributed by atoms with van der Waals surface area (Å²) in [7, 11) is 1.30. The molecule has 24 heavy (non-hydrogen) atoms. The van der Waals surface area contributed by atoms with E-state index in [2.05, 4.69) is 5.32 Å². The summed E-state index contributed by atoms with van der Waals surface area (Å²) in [6, 6.07) is 8.05. The van der Waals surface area contributed by atoms with Crippen LogP contribution in [0.1, 0.15) is 38.8 Å². The molecular weight excluding hydrogens is 310 g/mol. The lowest BCUT2D eigenvalue weighted by molar-refractivity contribution is -0.171. The molecule has 0 radical (unpaired) electrons. The summed E-state index contributed by atoms with van der Waals surface area (Å²) in [4.78, 5) is 24.9. The van der Waals surface area contributed by atoms with Crippen LogP contribution in [-0.2, 0) is 19.1 Å². The van der Waals surface area contributed by atoms with Gasteiger partial charge in [0, 0.05) is 0 Å². The minimum atomic E-state index is -1.24. The molecule has 6 nitrogen and oxygen atoms in total. The van der Waals surface area contributed by atoms with E-state index >= 15 is 0 Å². The molecule has 0 bridgehead atoms. The van der Waals surface area contributed by atoms with E-state index in [0.29, 0.717) is 0 Å². The Hall–Kier alpha value is -1.92. The van der Waals surface area contributed by atoms with Crippen molar-refractivity contribution in [2.24, 2.45) is 5.41 Å². The lowest BCUT2D eigenvalue weighted by Crippen LogP contribution is -2.44. The van der Waals surface area contributed by atoms with E-state index in [0.717, 1.165) is 5.56 Å². The zero-order chi connectivity index (χ0) is 18.0. The number of aliphatic hydroxyl groups is 1. The summed E-state index contributed by atoms with van der Waals surface area (Å²) in [5, 5.41) is 13.2. The zero-order valence-electron chi connectivity index (χ0n) is 14.5. The summed E-state index contributed by atoms with van der Waals surface area (Å²) < 4.78 is 10.3. The Kier molecular flexibility index (Phi) is 5.30. The highest BCUT2D eigenvalue weighted by atomic mass is 16.6. The van der Waals surface area contributed by atoms with Crippen molar-refractivity contribution in [3.8, 4) is 0 Å². The molecule has 132 valence electrons. The predicted octanol–water partition coefficient (Wildman–Crippen LogP) is 1.58. The average molecular weight is 335 g/mol. The van der Waals surface area contributed by atoms with Crippen molar-refractivity contribution < 1.29 is 24.2 Å². The second-order valence-electron chi connectivity index (χ2n) is 7.11. The van der Waals surface area contributed by atoms with Crippen LogP contribution in [0.3, 0.4) is 0 Å². The van der Waals surface area contributed by atoms with Crippen LogP contribution in [-0.4, -0.2) is 42.4 Å². The van der Waals surface area contributed by atoms with Gasteiger partial charge in [0.2, 0.25) is 0 Å². The SMILES string of the molecule is COC(=O)[C@H]1C[C@@](CO)(C(=O)OC(C)(C)C)[C@@H](c2ccccc2)N1. The molecule has 0 aliphatic carbocycles. The summed E-state index contributed by atoms with van der Waals surface area (Å²) in [6.07, 6.45) is 0.116. The first-order valence-corrected chi connectivity index (χ1v) is 7.96. The fourth-order valence-electron chi connectivity index (χ4n) is 3.06. The van der Waals surface area contributed by atoms with Gasteiger partial charge >= 0.3 is 11.9 Å². The molecule has 3 atom stereocenters. The largest absolute Gasteiger partial charge is 0.468 e. The fraction of sp³-hybridized carbons (Fsp3) is 0.556. The third kappa shape index (κ3) is 3.60. The first-order chi connectivity index (χ1) is 11.2. The summed E-state index contributed by atoms with van der Waals surface area (Å²) in [5.41, 5.74) is -1.12. The van der Waals surface area contributed by atoms with Crippen LogP contribution in [0.5, 0.6) is 0 Å². The lowest BCUT2D eigenvalue weighted by atomic mass is 9.77. The topological polar surface area (TPSA) is 84.9 Å². The van der Waals surface area contributed by atoms with Gasteiger partial charge < -0.3 is 14.6 Å². The number of carbonyl (C=O) groups excluding carboxylic acids is 2. The molecule has 1 aromatic rings. The van der Waals surface area contributed by atoms with Crippen molar-refractivity contribution in [1.29, 1.82) is 0 Å². The summed E-state index contributed by atoms with van der Waals surface area (Å²) in [6.45, 7) is 4.89. The van der Waals surface area contributed by atoms with E-state index in [-0.39, 0.29) is 6.42 Å². The highest BCUT2D eigenvalue weighted by molar-refractivity contribution is 5.83. The number of benzene rings is 1. The minimum Gasteiger partial charge on any atom is -0.468 e. The van der Waals surface area contributed by atoms with Crippen LogP contribution in [0.25, 0.3) is 0 Å². The van der Waals surface area contributed by atoms with E-state index in [4.69, 9.17) is 9.47 Å². The molecular formula is C18H25NO5. The minimum absolute atomic E-state index is 0.116. The Morgan fingerprint density at radius 1 is 1.29 bits per heavy atom. The molecule has 1 aromatic carbocycles. The van der Waals surface area contributed by atoms with Crippen molar-refractivity contribution in [2.75, 3.05) is 13.7 Å². The Bertz CT molecular complexity index is 595. The van der Waals surface area contributed by atoms with Crippen molar-refractivity contribution in [1.82, 2.24) is 5.32 Å². The monoisotopic (exact) mass is 335 g/mol. The van der Waals surface area contributed by atoms with Crippen LogP contribution in [0.4, 0.5) is 0 Å². The predicted molar refractivity (Wildman–Crippen MR) is 88.1 cm³/mol. The number of hydrogen-bond acceptors (Lipinski definition) is 6. The fourth-order valence-corrected chi connectivity index (χ4v) is 3.06. The van der Waals surface area contributed by atoms with Gasteiger partial charge in [-0.2, -0.15) is 0 Å². The number of carbonyl (C=O) groups is 2. The number of ether oxygens (including phenoxy) is 2. The number of aliphatic hydroxyl groups excluding tert-OH is 1. The van der Waals surface area contributed by atoms with Crippen LogP contribution >= 0.6 is 0 Å². The van der Waals surface area contributed by atoms with E-state index in [1.165, 1.54) is 7.11 Å². The van der Waals surface area contributed by atoms with Crippen molar-refractivity contribution in [3.05, 3.63) is 35.9 Å². The van der Waals surface area contributed by atoms with E-state index in [1.54, 1.807) is 20.8 Å². The van der Waals surface area contributed by atoms with Gasteiger partial charge in [-0.25, -0.2) is 0 Å². The quantitative estimate of drug-likeness (QED) is 0.813. The van der Waals surface area contributed by atoms with Gasteiger partial charge in [0.05, 0.1) is 19.8 Å². The maximum absolute atomic E-state index is 12.9. The lowest BCUT2D eigenvalue weighted by Gasteiger charge is -2.34. The van der Waals surface area contributed by atoms with Crippen LogP contribution < -0.4 is 5.32 Å². The molecule has 1 fully saturated rings. The molecule has 1 aliphatic heterocycles. The van der Waals surface area contributed by atoms with Gasteiger partial charge in [-0.15, -0.1) is 0 Å². The van der Waals surface area contributed by atoms with Gasteiger partial charge in [-0.1, -0.05) is 30.3 Å². The van der Waals surface area contributed by atoms with Gasteiger partial charge in [0.1, 0.15) is 17.1 Å². The zero-order valence-corrected chi connectivity index (χ0v) is 14.5. The van der Waals surface area contributed by atoms with Gasteiger partial charge in [-0.3, -0.25) is 14.9 Å². The second kappa shape index (κ2) is 6.91. The Morgan fingerprint density at radius 2 is 1.92 bits per heavy atom. The molecule has 0 aromatic heterocycles. The van der Waals surface area contributed by atoms with Gasteiger partial charge in [-0.05, 0) is 32.8 Å². The smallest absolute Gasteiger partial charge is 0.322 e. The highest BCUT2D eigenvalue weighted by Gasteiger charge is 2.56. The molecule has 0 spiro atoms. The number of esters is 2. The van der Waals surface area contributed by atoms with Gasteiger partial charge in [0.15, 0.2) is 0 Å². The van der Waals surface area contributed by atoms with Crippen molar-refractivity contribution >= 4 is 11.9 Å². The Labute approximate surface area is 142 Å². The van der Waals surface area contributed by atoms with E-state index in [1.807, 2.05) is 30.3 Å². The van der Waals surface area contributed by atoms with Crippen molar-refractivity contribution in [2.45, 2.75) is 44.9 Å². The number of hydrogen-bond donors (Lipinski definition) is 2. The molecule has 0 saturated carbocycles. The van der Waals surface area contributed by atoms with Crippen LogP contribution in [0.2, 0.25) is 0 Å². The maximum atomic E-state index is 12.9. The molecule has 1 heterocycles. The molecule has 2 rings (SSSR count). The summed E-state index contributed by atoms with van der Waals surface area (Å²) >= 11 is 0. The number of rotatable bonds is 4. The Balaban J connectivity index is 2.43. The standard InChI is InChI=1S/C18H25NO5/c1-17(2,3)24-16(22)18(11-20)10-13(15(21)23-4)19-14(18)12-8-6-5-7-9-12/h5-9,13-14,19-20H,10-11H2,1-4H3/t13-,14-,18+/m1/s1. The number of nitrogens with one attached hydrogen (secondary N) is 1. The molecule has 0 unspecified atom stereocenters. The van der Waals surface area contributed by atoms with E-state index in [9.17, 15) is 14.7 Å². The average Bonchev–Trinajstić information content (AvgIpc) is 2.94. The first-order valence-electron chi connectivity index (χ1n) is 7.96. The molecule has 1 aliphatic rings. The van der Waals surface area contributed by atoms with Gasteiger partial charge in [0.25, 0.3) is 0 Å². The third-order valence-corrected chi connectivity index (χ3v) is 4.19. The second-order valence-corrected chi connectivity index (χ2v) is 7.11. The molecule has 0 amide bonds. The molecule has 6 heteroatoms. The normalized spacial score (nSPS) is 26.9. The Morgan fingerprint density at radius 3 is 2.42 bits per heavy atom. The van der Waals surface area contributed by atoms with Crippen LogP contribution in [0, 0.1) is 5.41 Å².